The summed E-state index contributed by atoms with van der Waals surface area (Å²) in [5.74, 6) is -1.27. The van der Waals surface area contributed by atoms with Crippen LogP contribution >= 0.6 is 10.7 Å². The summed E-state index contributed by atoms with van der Waals surface area (Å²) in [7, 11) is 1.30. The van der Waals surface area contributed by atoms with Crippen molar-refractivity contribution in [2.45, 2.75) is 11.5 Å². The van der Waals surface area contributed by atoms with Gasteiger partial charge in [0.2, 0.25) is 0 Å². The molecule has 0 amide bonds. The molecule has 0 saturated heterocycles. The highest BCUT2D eigenvalue weighted by atomic mass is 35.7. The first-order valence-electron chi connectivity index (χ1n) is 5.86. The van der Waals surface area contributed by atoms with Crippen LogP contribution in [0.25, 0.3) is 0 Å². The summed E-state index contributed by atoms with van der Waals surface area (Å²) in [5.41, 5.74) is 0.735. The van der Waals surface area contributed by atoms with Gasteiger partial charge in [-0.1, -0.05) is 30.3 Å². The molecule has 0 radical (unpaired) electrons. The largest absolute Gasteiger partial charge is 0.487 e. The van der Waals surface area contributed by atoms with Crippen molar-refractivity contribution < 1.29 is 23.1 Å². The minimum atomic E-state index is -4.03. The summed E-state index contributed by atoms with van der Waals surface area (Å²) in [6, 6.07) is 12.5. The van der Waals surface area contributed by atoms with Gasteiger partial charge < -0.3 is 9.84 Å². The fourth-order valence-corrected chi connectivity index (χ4v) is 2.66. The van der Waals surface area contributed by atoms with Crippen LogP contribution in [0.5, 0.6) is 5.75 Å². The number of carbonyl (C=O) groups is 1. The SMILES string of the molecule is O=C(O)c1ccc(S(=O)(=O)Cl)c(OCc2ccccc2)c1. The summed E-state index contributed by atoms with van der Waals surface area (Å²) in [6.45, 7) is 0.101. The van der Waals surface area contributed by atoms with E-state index in [0.29, 0.717) is 0 Å². The number of hydrogen-bond donors (Lipinski definition) is 1. The van der Waals surface area contributed by atoms with Crippen molar-refractivity contribution in [1.29, 1.82) is 0 Å². The van der Waals surface area contributed by atoms with Gasteiger partial charge >= 0.3 is 5.97 Å². The maximum absolute atomic E-state index is 11.5. The van der Waals surface area contributed by atoms with Crippen molar-refractivity contribution >= 4 is 25.7 Å². The molecule has 0 aliphatic carbocycles. The quantitative estimate of drug-likeness (QED) is 0.854. The number of halogens is 1. The third-order valence-electron chi connectivity index (χ3n) is 2.69. The zero-order chi connectivity index (χ0) is 15.5. The molecule has 0 spiro atoms. The third kappa shape index (κ3) is 3.96. The van der Waals surface area contributed by atoms with Crippen molar-refractivity contribution in [2.75, 3.05) is 0 Å². The van der Waals surface area contributed by atoms with E-state index < -0.39 is 15.0 Å². The summed E-state index contributed by atoms with van der Waals surface area (Å²) in [4.78, 5) is 10.7. The molecule has 0 heterocycles. The lowest BCUT2D eigenvalue weighted by Gasteiger charge is -2.10. The summed E-state index contributed by atoms with van der Waals surface area (Å²) in [6.07, 6.45) is 0. The molecule has 0 bridgehead atoms. The van der Waals surface area contributed by atoms with Crippen molar-refractivity contribution in [3.05, 3.63) is 59.7 Å². The van der Waals surface area contributed by atoms with Gasteiger partial charge in [-0.25, -0.2) is 13.2 Å². The number of carboxylic acid groups (broad SMARTS) is 1. The second-order valence-corrected chi connectivity index (χ2v) is 6.71. The zero-order valence-corrected chi connectivity index (χ0v) is 12.3. The third-order valence-corrected chi connectivity index (χ3v) is 4.05. The van der Waals surface area contributed by atoms with Gasteiger partial charge in [-0.15, -0.1) is 0 Å². The Bertz CT molecular complexity index is 756. The molecule has 2 aromatic rings. The second-order valence-electron chi connectivity index (χ2n) is 4.18. The molecule has 21 heavy (non-hydrogen) atoms. The summed E-state index contributed by atoms with van der Waals surface area (Å²) >= 11 is 0. The van der Waals surface area contributed by atoms with Gasteiger partial charge in [-0.3, -0.25) is 0 Å². The molecule has 2 rings (SSSR count). The van der Waals surface area contributed by atoms with Gasteiger partial charge in [0.05, 0.1) is 5.56 Å². The van der Waals surface area contributed by atoms with E-state index in [1.165, 1.54) is 0 Å². The molecule has 0 aromatic heterocycles. The second kappa shape index (κ2) is 6.15. The monoisotopic (exact) mass is 326 g/mol. The average molecular weight is 327 g/mol. The maximum Gasteiger partial charge on any atom is 0.335 e. The number of aromatic carboxylic acids is 1. The van der Waals surface area contributed by atoms with Crippen LogP contribution in [-0.4, -0.2) is 19.5 Å². The maximum atomic E-state index is 11.5. The van der Waals surface area contributed by atoms with E-state index in [2.05, 4.69) is 0 Å². The fraction of sp³-hybridized carbons (Fsp3) is 0.0714. The predicted molar refractivity (Wildman–Crippen MR) is 77.2 cm³/mol. The normalized spacial score (nSPS) is 11.1. The Balaban J connectivity index is 2.35. The molecule has 0 atom stereocenters. The van der Waals surface area contributed by atoms with Crippen LogP contribution in [0.1, 0.15) is 15.9 Å². The Hall–Kier alpha value is -2.05. The predicted octanol–water partition coefficient (Wildman–Crippen LogP) is 2.89. The Morgan fingerprint density at radius 2 is 1.81 bits per heavy atom. The number of ether oxygens (including phenoxy) is 1. The summed E-state index contributed by atoms with van der Waals surface area (Å²) < 4.78 is 28.4. The van der Waals surface area contributed by atoms with Crippen molar-refractivity contribution in [1.82, 2.24) is 0 Å². The molecular weight excluding hydrogens is 316 g/mol. The molecule has 0 saturated carbocycles. The van der Waals surface area contributed by atoms with Gasteiger partial charge in [-0.2, -0.15) is 0 Å². The number of benzene rings is 2. The lowest BCUT2D eigenvalue weighted by molar-refractivity contribution is 0.0696. The first kappa shape index (κ1) is 15.3. The molecule has 110 valence electrons. The Morgan fingerprint density at radius 3 is 2.38 bits per heavy atom. The van der Waals surface area contributed by atoms with E-state index in [0.717, 1.165) is 23.8 Å². The van der Waals surface area contributed by atoms with Crippen molar-refractivity contribution in [3.63, 3.8) is 0 Å². The van der Waals surface area contributed by atoms with Crippen LogP contribution in [0, 0.1) is 0 Å². The molecule has 0 fully saturated rings. The van der Waals surface area contributed by atoms with Gasteiger partial charge in [0.1, 0.15) is 17.3 Å². The molecule has 2 aromatic carbocycles. The van der Waals surface area contributed by atoms with Crippen LogP contribution in [-0.2, 0) is 15.7 Å². The minimum Gasteiger partial charge on any atom is -0.487 e. The van der Waals surface area contributed by atoms with Gasteiger partial charge in [0, 0.05) is 10.7 Å². The molecule has 5 nitrogen and oxygen atoms in total. The lowest BCUT2D eigenvalue weighted by atomic mass is 10.2. The highest BCUT2D eigenvalue weighted by molar-refractivity contribution is 8.13. The van der Waals surface area contributed by atoms with Crippen LogP contribution in [0.3, 0.4) is 0 Å². The van der Waals surface area contributed by atoms with E-state index in [1.54, 1.807) is 12.1 Å². The van der Waals surface area contributed by atoms with Crippen LogP contribution in [0.15, 0.2) is 53.4 Å². The molecular formula is C14H11ClO5S. The standard InChI is InChI=1S/C14H11ClO5S/c15-21(18,19)13-7-6-11(14(16)17)8-12(13)20-9-10-4-2-1-3-5-10/h1-8H,9H2,(H,16,17). The first-order chi connectivity index (χ1) is 9.88. The molecule has 0 aliphatic heterocycles. The van der Waals surface area contributed by atoms with E-state index >= 15 is 0 Å². The summed E-state index contributed by atoms with van der Waals surface area (Å²) in [5, 5.41) is 8.95. The van der Waals surface area contributed by atoms with Crippen molar-refractivity contribution in [2.24, 2.45) is 0 Å². The van der Waals surface area contributed by atoms with Crippen LogP contribution in [0.4, 0.5) is 0 Å². The molecule has 0 unspecified atom stereocenters. The highest BCUT2D eigenvalue weighted by Crippen LogP contribution is 2.29. The zero-order valence-electron chi connectivity index (χ0n) is 10.7. The van der Waals surface area contributed by atoms with Crippen molar-refractivity contribution in [3.8, 4) is 5.75 Å². The molecule has 1 N–H and O–H groups in total. The number of carboxylic acids is 1. The molecule has 7 heteroatoms. The van der Waals surface area contributed by atoms with E-state index in [1.807, 2.05) is 18.2 Å². The Kier molecular flexibility index (Phi) is 4.50. The average Bonchev–Trinajstić information content (AvgIpc) is 2.45. The van der Waals surface area contributed by atoms with Crippen LogP contribution in [0.2, 0.25) is 0 Å². The number of hydrogen-bond acceptors (Lipinski definition) is 4. The van der Waals surface area contributed by atoms with Gasteiger partial charge in [0.15, 0.2) is 0 Å². The van der Waals surface area contributed by atoms with Gasteiger partial charge in [0.25, 0.3) is 9.05 Å². The molecule has 0 aliphatic rings. The van der Waals surface area contributed by atoms with E-state index in [-0.39, 0.29) is 22.8 Å². The fourth-order valence-electron chi connectivity index (χ4n) is 1.69. The Morgan fingerprint density at radius 1 is 1.14 bits per heavy atom. The smallest absolute Gasteiger partial charge is 0.335 e. The van der Waals surface area contributed by atoms with E-state index in [9.17, 15) is 13.2 Å². The van der Waals surface area contributed by atoms with E-state index in [4.69, 9.17) is 20.5 Å². The highest BCUT2D eigenvalue weighted by Gasteiger charge is 2.19. The van der Waals surface area contributed by atoms with Crippen LogP contribution < -0.4 is 4.74 Å². The Labute approximate surface area is 126 Å². The van der Waals surface area contributed by atoms with Gasteiger partial charge in [-0.05, 0) is 23.8 Å². The first-order valence-corrected chi connectivity index (χ1v) is 8.17. The topological polar surface area (TPSA) is 80.7 Å². The minimum absolute atomic E-state index is 0.0814. The lowest BCUT2D eigenvalue weighted by Crippen LogP contribution is -2.04. The number of rotatable bonds is 5.